The highest BCUT2D eigenvalue weighted by molar-refractivity contribution is 6.35. The Bertz CT molecular complexity index is 893. The summed E-state index contributed by atoms with van der Waals surface area (Å²) in [6.45, 7) is -0.600. The zero-order chi connectivity index (χ0) is 22.0. The SMILES string of the molecule is Cc1cc(Cl)cc(Cl)c1CNC(=O)c1c(C(F)(F)F)ccnc1OCC(F)(F)F. The van der Waals surface area contributed by atoms with E-state index in [-0.39, 0.29) is 11.6 Å². The average molecular weight is 461 g/mol. The lowest BCUT2D eigenvalue weighted by molar-refractivity contribution is -0.154. The van der Waals surface area contributed by atoms with Gasteiger partial charge in [0.1, 0.15) is 5.56 Å². The molecule has 0 aliphatic heterocycles. The highest BCUT2D eigenvalue weighted by atomic mass is 35.5. The minimum atomic E-state index is -5.03. The summed E-state index contributed by atoms with van der Waals surface area (Å²) >= 11 is 11.9. The number of aromatic nitrogens is 1. The number of halogens is 8. The molecule has 4 nitrogen and oxygen atoms in total. The third-order valence-corrected chi connectivity index (χ3v) is 4.19. The van der Waals surface area contributed by atoms with Gasteiger partial charge in [0, 0.05) is 22.8 Å². The molecule has 2 rings (SSSR count). The first kappa shape index (κ1) is 23.1. The molecule has 1 aromatic carbocycles. The smallest absolute Gasteiger partial charge is 0.422 e. The van der Waals surface area contributed by atoms with Gasteiger partial charge in [-0.1, -0.05) is 23.2 Å². The second-order valence-electron chi connectivity index (χ2n) is 5.81. The lowest BCUT2D eigenvalue weighted by Gasteiger charge is -2.17. The molecule has 0 radical (unpaired) electrons. The van der Waals surface area contributed by atoms with E-state index in [1.165, 1.54) is 12.1 Å². The number of nitrogens with zero attached hydrogens (tertiary/aromatic N) is 1. The third kappa shape index (κ3) is 6.14. The van der Waals surface area contributed by atoms with E-state index in [0.717, 1.165) is 0 Å². The van der Waals surface area contributed by atoms with E-state index in [9.17, 15) is 31.1 Å². The number of alkyl halides is 6. The van der Waals surface area contributed by atoms with Crippen LogP contribution in [0.2, 0.25) is 10.0 Å². The van der Waals surface area contributed by atoms with Crippen LogP contribution in [-0.4, -0.2) is 23.7 Å². The van der Waals surface area contributed by atoms with E-state index < -0.39 is 41.9 Å². The van der Waals surface area contributed by atoms with Gasteiger partial charge < -0.3 is 10.1 Å². The summed E-state index contributed by atoms with van der Waals surface area (Å²) in [6, 6.07) is 3.37. The molecule has 12 heteroatoms. The van der Waals surface area contributed by atoms with Crippen LogP contribution in [0.1, 0.15) is 27.0 Å². The summed E-state index contributed by atoms with van der Waals surface area (Å²) in [5, 5.41) is 2.67. The van der Waals surface area contributed by atoms with Gasteiger partial charge in [0.25, 0.3) is 5.91 Å². The van der Waals surface area contributed by atoms with Crippen molar-refractivity contribution in [1.29, 1.82) is 0 Å². The van der Waals surface area contributed by atoms with Crippen LogP contribution >= 0.6 is 23.2 Å². The molecule has 0 aliphatic carbocycles. The van der Waals surface area contributed by atoms with Gasteiger partial charge in [-0.05, 0) is 36.2 Å². The fraction of sp³-hybridized carbons (Fsp3) is 0.294. The van der Waals surface area contributed by atoms with E-state index in [1.54, 1.807) is 6.92 Å². The normalized spacial score (nSPS) is 12.0. The van der Waals surface area contributed by atoms with Gasteiger partial charge >= 0.3 is 12.4 Å². The molecule has 2 aromatic rings. The predicted octanol–water partition coefficient (Wildman–Crippen LogP) is 5.59. The van der Waals surface area contributed by atoms with Crippen molar-refractivity contribution in [2.45, 2.75) is 25.8 Å². The molecule has 0 saturated heterocycles. The number of amides is 1. The Morgan fingerprint density at radius 2 is 1.83 bits per heavy atom. The van der Waals surface area contributed by atoms with Crippen LogP contribution in [0.15, 0.2) is 24.4 Å². The zero-order valence-corrected chi connectivity index (χ0v) is 16.0. The van der Waals surface area contributed by atoms with Gasteiger partial charge in [0.2, 0.25) is 5.88 Å². The van der Waals surface area contributed by atoms with Crippen LogP contribution in [0.4, 0.5) is 26.3 Å². The van der Waals surface area contributed by atoms with Crippen molar-refractivity contribution in [3.05, 3.63) is 56.7 Å². The number of pyridine rings is 1. The van der Waals surface area contributed by atoms with Gasteiger partial charge in [-0.25, -0.2) is 4.98 Å². The average Bonchev–Trinajstić information content (AvgIpc) is 2.57. The van der Waals surface area contributed by atoms with Gasteiger partial charge in [0.05, 0.1) is 5.56 Å². The van der Waals surface area contributed by atoms with Crippen molar-refractivity contribution in [1.82, 2.24) is 10.3 Å². The molecule has 0 fully saturated rings. The molecular formula is C17H12Cl2F6N2O2. The molecule has 29 heavy (non-hydrogen) atoms. The first-order valence-corrected chi connectivity index (χ1v) is 8.53. The number of hydrogen-bond donors (Lipinski definition) is 1. The molecule has 1 amide bonds. The predicted molar refractivity (Wildman–Crippen MR) is 93.2 cm³/mol. The fourth-order valence-corrected chi connectivity index (χ4v) is 3.03. The van der Waals surface area contributed by atoms with Crippen molar-refractivity contribution in [2.75, 3.05) is 6.61 Å². The van der Waals surface area contributed by atoms with Crippen molar-refractivity contribution in [3.8, 4) is 5.88 Å². The number of rotatable bonds is 5. The summed E-state index contributed by atoms with van der Waals surface area (Å²) in [5.41, 5.74) is -1.72. The molecule has 0 bridgehead atoms. The number of hydrogen-bond acceptors (Lipinski definition) is 3. The maximum absolute atomic E-state index is 13.3. The summed E-state index contributed by atoms with van der Waals surface area (Å²) < 4.78 is 81.4. The van der Waals surface area contributed by atoms with Crippen LogP contribution in [0.3, 0.4) is 0 Å². The first-order chi connectivity index (χ1) is 13.3. The van der Waals surface area contributed by atoms with E-state index in [1.807, 2.05) is 0 Å². The lowest BCUT2D eigenvalue weighted by Crippen LogP contribution is -2.28. The van der Waals surface area contributed by atoms with E-state index in [4.69, 9.17) is 23.2 Å². The number of aryl methyl sites for hydroxylation is 1. The van der Waals surface area contributed by atoms with Crippen molar-refractivity contribution in [2.24, 2.45) is 0 Å². The maximum Gasteiger partial charge on any atom is 0.422 e. The van der Waals surface area contributed by atoms with Gasteiger partial charge in [-0.15, -0.1) is 0 Å². The number of benzene rings is 1. The Balaban J connectivity index is 2.37. The zero-order valence-electron chi connectivity index (χ0n) is 14.5. The highest BCUT2D eigenvalue weighted by Gasteiger charge is 2.38. The van der Waals surface area contributed by atoms with Crippen LogP contribution < -0.4 is 10.1 Å². The largest absolute Gasteiger partial charge is 0.467 e. The van der Waals surface area contributed by atoms with Gasteiger partial charge in [-0.2, -0.15) is 26.3 Å². The summed E-state index contributed by atoms with van der Waals surface area (Å²) in [6.07, 6.45) is -9.26. The molecule has 1 aromatic heterocycles. The molecule has 0 saturated carbocycles. The number of carbonyl (C=O) groups excluding carboxylic acids is 1. The van der Waals surface area contributed by atoms with E-state index >= 15 is 0 Å². The van der Waals surface area contributed by atoms with E-state index in [2.05, 4.69) is 15.0 Å². The molecule has 158 valence electrons. The second-order valence-corrected chi connectivity index (χ2v) is 6.65. The van der Waals surface area contributed by atoms with Crippen LogP contribution in [0.25, 0.3) is 0 Å². The van der Waals surface area contributed by atoms with Crippen LogP contribution in [0.5, 0.6) is 5.88 Å². The minimum Gasteiger partial charge on any atom is -0.467 e. The topological polar surface area (TPSA) is 51.2 Å². The molecule has 0 spiro atoms. The monoisotopic (exact) mass is 460 g/mol. The van der Waals surface area contributed by atoms with Crippen molar-refractivity contribution >= 4 is 29.1 Å². The Hall–Kier alpha value is -2.20. The molecular weight excluding hydrogens is 449 g/mol. The Morgan fingerprint density at radius 1 is 1.17 bits per heavy atom. The Labute approximate surface area is 170 Å². The minimum absolute atomic E-state index is 0.158. The maximum atomic E-state index is 13.3. The standard InChI is InChI=1S/C17H12Cl2F6N2O2/c1-8-4-9(18)5-12(19)10(8)6-27-14(28)13-11(17(23,24)25)2-3-26-15(13)29-7-16(20,21)22/h2-5H,6-7H2,1H3,(H,27,28). The van der Waals surface area contributed by atoms with E-state index in [0.29, 0.717) is 28.4 Å². The number of ether oxygens (including phenoxy) is 1. The first-order valence-electron chi connectivity index (χ1n) is 7.78. The quantitative estimate of drug-likeness (QED) is 0.592. The number of nitrogens with one attached hydrogen (secondary N) is 1. The number of carbonyl (C=O) groups is 1. The molecule has 0 aliphatic rings. The third-order valence-electron chi connectivity index (χ3n) is 3.63. The summed E-state index contributed by atoms with van der Waals surface area (Å²) in [4.78, 5) is 15.8. The summed E-state index contributed by atoms with van der Waals surface area (Å²) in [7, 11) is 0. The molecule has 1 heterocycles. The second kappa shape index (κ2) is 8.66. The van der Waals surface area contributed by atoms with Crippen LogP contribution in [-0.2, 0) is 12.7 Å². The Morgan fingerprint density at radius 3 is 2.38 bits per heavy atom. The van der Waals surface area contributed by atoms with Gasteiger partial charge in [0.15, 0.2) is 6.61 Å². The highest BCUT2D eigenvalue weighted by Crippen LogP contribution is 2.35. The van der Waals surface area contributed by atoms with Crippen molar-refractivity contribution < 1.29 is 35.9 Å². The van der Waals surface area contributed by atoms with Crippen molar-refractivity contribution in [3.63, 3.8) is 0 Å². The molecule has 0 unspecified atom stereocenters. The van der Waals surface area contributed by atoms with Crippen LogP contribution in [0, 0.1) is 6.92 Å². The lowest BCUT2D eigenvalue weighted by atomic mass is 10.1. The fourth-order valence-electron chi connectivity index (χ4n) is 2.37. The molecule has 1 N–H and O–H groups in total. The Kier molecular flexibility index (Phi) is 6.89. The van der Waals surface area contributed by atoms with Gasteiger partial charge in [-0.3, -0.25) is 4.79 Å². The molecule has 0 atom stereocenters. The summed E-state index contributed by atoms with van der Waals surface area (Å²) in [5.74, 6) is -2.42.